The molecule has 1 fully saturated rings. The third-order valence-corrected chi connectivity index (χ3v) is 3.75. The fraction of sp³-hybridized carbons (Fsp3) is 0.933. The van der Waals surface area contributed by atoms with Gasteiger partial charge in [0, 0.05) is 38.7 Å². The topological polar surface area (TPSA) is 67.6 Å². The van der Waals surface area contributed by atoms with E-state index in [1.165, 1.54) is 0 Å². The van der Waals surface area contributed by atoms with Crippen molar-refractivity contribution in [3.63, 3.8) is 0 Å². The predicted molar refractivity (Wildman–Crippen MR) is 81.6 cm³/mol. The number of carbonyl (C=O) groups excluding carboxylic acids is 1. The quantitative estimate of drug-likeness (QED) is 0.666. The summed E-state index contributed by atoms with van der Waals surface area (Å²) in [6, 6.07) is 0.139. The van der Waals surface area contributed by atoms with E-state index < -0.39 is 0 Å². The highest BCUT2D eigenvalue weighted by molar-refractivity contribution is 5.76. The third kappa shape index (κ3) is 6.20. The smallest absolute Gasteiger partial charge is 0.221 e. The van der Waals surface area contributed by atoms with Crippen LogP contribution in [0.25, 0.3) is 0 Å². The second-order valence-electron chi connectivity index (χ2n) is 5.57. The molecule has 5 nitrogen and oxygen atoms in total. The molecule has 0 aromatic heterocycles. The minimum absolute atomic E-state index is 0.110. The van der Waals surface area contributed by atoms with Gasteiger partial charge in [-0.25, -0.2) is 0 Å². The van der Waals surface area contributed by atoms with E-state index in [1.54, 1.807) is 0 Å². The zero-order chi connectivity index (χ0) is 14.8. The van der Waals surface area contributed by atoms with Crippen molar-refractivity contribution >= 4 is 5.91 Å². The Labute approximate surface area is 123 Å². The summed E-state index contributed by atoms with van der Waals surface area (Å²) < 4.78 is 5.84. The minimum atomic E-state index is 0.110. The van der Waals surface area contributed by atoms with E-state index in [4.69, 9.17) is 10.5 Å². The Morgan fingerprint density at radius 3 is 2.90 bits per heavy atom. The van der Waals surface area contributed by atoms with Crippen LogP contribution in [0.3, 0.4) is 0 Å². The average molecular weight is 285 g/mol. The first-order valence-corrected chi connectivity index (χ1v) is 8.03. The number of nitrogens with two attached hydrogens (primary N) is 1. The molecule has 20 heavy (non-hydrogen) atoms. The standard InChI is InChI=1S/C15H31N3O2/c1-3-7-17-15(19)10-13(11-16)18-8-5-6-14(12-18)20-9-4-2/h13-14H,3-12,16H2,1-2H3,(H,17,19). The molecular formula is C15H31N3O2. The maximum Gasteiger partial charge on any atom is 0.221 e. The third-order valence-electron chi connectivity index (χ3n) is 3.75. The van der Waals surface area contributed by atoms with Crippen LogP contribution < -0.4 is 11.1 Å². The Balaban J connectivity index is 2.41. The van der Waals surface area contributed by atoms with Crippen molar-refractivity contribution in [1.29, 1.82) is 0 Å². The number of ether oxygens (including phenoxy) is 1. The van der Waals surface area contributed by atoms with Crippen molar-refractivity contribution in [3.8, 4) is 0 Å². The van der Waals surface area contributed by atoms with E-state index in [0.29, 0.717) is 19.1 Å². The van der Waals surface area contributed by atoms with Gasteiger partial charge in [-0.05, 0) is 32.2 Å². The van der Waals surface area contributed by atoms with E-state index in [-0.39, 0.29) is 11.9 Å². The SMILES string of the molecule is CCCNC(=O)CC(CN)N1CCCC(OCCC)C1. The van der Waals surface area contributed by atoms with Crippen LogP contribution in [0.5, 0.6) is 0 Å². The van der Waals surface area contributed by atoms with E-state index >= 15 is 0 Å². The first kappa shape index (κ1) is 17.4. The highest BCUT2D eigenvalue weighted by Gasteiger charge is 2.26. The number of piperidine rings is 1. The fourth-order valence-electron chi connectivity index (χ4n) is 2.63. The van der Waals surface area contributed by atoms with Gasteiger partial charge in [-0.15, -0.1) is 0 Å². The molecule has 1 amide bonds. The van der Waals surface area contributed by atoms with Crippen LogP contribution in [0, 0.1) is 0 Å². The van der Waals surface area contributed by atoms with Gasteiger partial charge in [0.05, 0.1) is 6.10 Å². The highest BCUT2D eigenvalue weighted by atomic mass is 16.5. The molecule has 0 radical (unpaired) electrons. The van der Waals surface area contributed by atoms with Gasteiger partial charge in [0.15, 0.2) is 0 Å². The molecule has 0 saturated carbocycles. The maximum atomic E-state index is 11.8. The summed E-state index contributed by atoms with van der Waals surface area (Å²) in [6.07, 6.45) is 5.07. The number of carbonyl (C=O) groups is 1. The average Bonchev–Trinajstić information content (AvgIpc) is 2.48. The number of amides is 1. The lowest BCUT2D eigenvalue weighted by molar-refractivity contribution is -0.122. The lowest BCUT2D eigenvalue weighted by Gasteiger charge is -2.37. The lowest BCUT2D eigenvalue weighted by atomic mass is 10.0. The van der Waals surface area contributed by atoms with Gasteiger partial charge in [-0.2, -0.15) is 0 Å². The van der Waals surface area contributed by atoms with Crippen LogP contribution in [0.2, 0.25) is 0 Å². The predicted octanol–water partition coefficient (Wildman–Crippen LogP) is 1.12. The molecule has 5 heteroatoms. The lowest BCUT2D eigenvalue weighted by Crippen LogP contribution is -2.50. The number of rotatable bonds is 9. The largest absolute Gasteiger partial charge is 0.377 e. The molecule has 0 aliphatic carbocycles. The van der Waals surface area contributed by atoms with Gasteiger partial charge in [-0.3, -0.25) is 9.69 Å². The first-order valence-electron chi connectivity index (χ1n) is 8.03. The second-order valence-corrected chi connectivity index (χ2v) is 5.57. The fourth-order valence-corrected chi connectivity index (χ4v) is 2.63. The normalized spacial score (nSPS) is 21.6. The highest BCUT2D eigenvalue weighted by Crippen LogP contribution is 2.17. The zero-order valence-electron chi connectivity index (χ0n) is 13.1. The van der Waals surface area contributed by atoms with Crippen molar-refractivity contribution < 1.29 is 9.53 Å². The summed E-state index contributed by atoms with van der Waals surface area (Å²) in [6.45, 7) is 8.21. The van der Waals surface area contributed by atoms with Crippen LogP contribution >= 0.6 is 0 Å². The summed E-state index contributed by atoms with van der Waals surface area (Å²) in [5.41, 5.74) is 5.86. The Bertz CT molecular complexity index is 274. The molecule has 0 aromatic rings. The molecule has 0 spiro atoms. The van der Waals surface area contributed by atoms with Crippen LogP contribution in [-0.4, -0.2) is 55.7 Å². The molecule has 2 unspecified atom stereocenters. The molecule has 1 saturated heterocycles. The van der Waals surface area contributed by atoms with Gasteiger partial charge in [0.1, 0.15) is 0 Å². The summed E-state index contributed by atoms with van der Waals surface area (Å²) in [5, 5.41) is 2.93. The van der Waals surface area contributed by atoms with E-state index in [1.807, 2.05) is 0 Å². The number of nitrogens with zero attached hydrogens (tertiary/aromatic N) is 1. The maximum absolute atomic E-state index is 11.8. The second kappa shape index (κ2) is 10.1. The number of likely N-dealkylation sites (tertiary alicyclic amines) is 1. The van der Waals surface area contributed by atoms with Crippen molar-refractivity contribution in [2.45, 2.75) is 58.1 Å². The molecule has 118 valence electrons. The van der Waals surface area contributed by atoms with Gasteiger partial charge < -0.3 is 15.8 Å². The van der Waals surface area contributed by atoms with Gasteiger partial charge >= 0.3 is 0 Å². The number of hydrogen-bond acceptors (Lipinski definition) is 4. The minimum Gasteiger partial charge on any atom is -0.377 e. The zero-order valence-corrected chi connectivity index (χ0v) is 13.1. The molecule has 0 aromatic carbocycles. The van der Waals surface area contributed by atoms with Crippen molar-refractivity contribution in [2.24, 2.45) is 5.73 Å². The van der Waals surface area contributed by atoms with E-state index in [2.05, 4.69) is 24.1 Å². The van der Waals surface area contributed by atoms with E-state index in [0.717, 1.165) is 51.9 Å². The summed E-state index contributed by atoms with van der Waals surface area (Å²) in [4.78, 5) is 14.2. The van der Waals surface area contributed by atoms with Crippen molar-refractivity contribution in [2.75, 3.05) is 32.8 Å². The molecule has 1 aliphatic heterocycles. The van der Waals surface area contributed by atoms with Crippen LogP contribution in [0.15, 0.2) is 0 Å². The Morgan fingerprint density at radius 1 is 1.45 bits per heavy atom. The molecule has 1 rings (SSSR count). The number of hydrogen-bond donors (Lipinski definition) is 2. The van der Waals surface area contributed by atoms with Crippen LogP contribution in [0.1, 0.15) is 46.0 Å². The Morgan fingerprint density at radius 2 is 2.25 bits per heavy atom. The van der Waals surface area contributed by atoms with Crippen LogP contribution in [0.4, 0.5) is 0 Å². The van der Waals surface area contributed by atoms with Gasteiger partial charge in [-0.1, -0.05) is 13.8 Å². The Kier molecular flexibility index (Phi) is 8.82. The molecule has 0 bridgehead atoms. The molecule has 2 atom stereocenters. The van der Waals surface area contributed by atoms with Gasteiger partial charge in [0.25, 0.3) is 0 Å². The molecule has 1 heterocycles. The molecule has 1 aliphatic rings. The Hall–Kier alpha value is -0.650. The van der Waals surface area contributed by atoms with Crippen LogP contribution in [-0.2, 0) is 9.53 Å². The summed E-state index contributed by atoms with van der Waals surface area (Å²) in [7, 11) is 0. The van der Waals surface area contributed by atoms with Crippen molar-refractivity contribution in [3.05, 3.63) is 0 Å². The first-order chi connectivity index (χ1) is 9.71. The summed E-state index contributed by atoms with van der Waals surface area (Å²) >= 11 is 0. The van der Waals surface area contributed by atoms with Crippen molar-refractivity contribution in [1.82, 2.24) is 10.2 Å². The van der Waals surface area contributed by atoms with E-state index in [9.17, 15) is 4.79 Å². The summed E-state index contributed by atoms with van der Waals surface area (Å²) in [5.74, 6) is 0.110. The molecular weight excluding hydrogens is 254 g/mol. The monoisotopic (exact) mass is 285 g/mol. The van der Waals surface area contributed by atoms with Gasteiger partial charge in [0.2, 0.25) is 5.91 Å². The molecule has 3 N–H and O–H groups in total. The number of nitrogens with one attached hydrogen (secondary N) is 1.